The summed E-state index contributed by atoms with van der Waals surface area (Å²) in [4.78, 5) is 9.50. The summed E-state index contributed by atoms with van der Waals surface area (Å²) in [5, 5.41) is 15.9. The minimum absolute atomic E-state index is 0.836. The zero-order valence-corrected chi connectivity index (χ0v) is 3.92. The molecule has 4 heteroatoms. The molecule has 4 nitrogen and oxygen atoms in total. The Labute approximate surface area is 45.3 Å². The van der Waals surface area contributed by atoms with Gasteiger partial charge in [0.25, 0.3) is 0 Å². The molecule has 0 aliphatic rings. The molecule has 0 saturated heterocycles. The van der Waals surface area contributed by atoms with E-state index in [1.54, 1.807) is 0 Å². The largest absolute Gasteiger partial charge is 0.514 e. The molecule has 44 valence electrons. The average Bonchev–Trinajstić information content (AvgIpc) is 1.65. The van der Waals surface area contributed by atoms with E-state index in [1.807, 2.05) is 5.73 Å². The summed E-state index contributed by atoms with van der Waals surface area (Å²) >= 11 is 0. The van der Waals surface area contributed by atoms with E-state index < -0.39 is 12.1 Å². The summed E-state index contributed by atoms with van der Waals surface area (Å²) < 4.78 is 3.61. The molecule has 2 N–H and O–H groups in total. The number of aliphatic hydroxyl groups is 1. The minimum atomic E-state index is -1.58. The van der Waals surface area contributed by atoms with Crippen molar-refractivity contribution < 1.29 is 19.7 Å². The number of hydrogen-bond acceptors (Lipinski definition) is 3. The monoisotopic (exact) mass is 116 g/mol. The molecule has 0 aromatic carbocycles. The fraction of sp³-hybridized carbons (Fsp3) is 0. The second-order valence-electron chi connectivity index (χ2n) is 0.850. The van der Waals surface area contributed by atoms with Crippen LogP contribution in [0.3, 0.4) is 0 Å². The van der Waals surface area contributed by atoms with Crippen molar-refractivity contribution in [3.8, 4) is 0 Å². The predicted molar refractivity (Wildman–Crippen MR) is 24.4 cm³/mol. The summed E-state index contributed by atoms with van der Waals surface area (Å²) in [6.45, 7) is 2.91. The van der Waals surface area contributed by atoms with Crippen molar-refractivity contribution in [2.24, 2.45) is 0 Å². The van der Waals surface area contributed by atoms with Crippen molar-refractivity contribution in [3.05, 3.63) is 18.3 Å². The average molecular weight is 116 g/mol. The van der Waals surface area contributed by atoms with Gasteiger partial charge in [0.2, 0.25) is 0 Å². The molecule has 0 spiro atoms. The third-order valence-electron chi connectivity index (χ3n) is 0.335. The predicted octanol–water partition coefficient (Wildman–Crippen LogP) is 0.865. The van der Waals surface area contributed by atoms with E-state index in [4.69, 9.17) is 10.2 Å². The molecule has 8 heavy (non-hydrogen) atoms. The molecule has 0 saturated carbocycles. The first-order valence-electron chi connectivity index (χ1n) is 1.66. The number of ether oxygens (including phenoxy) is 1. The van der Waals surface area contributed by atoms with Gasteiger partial charge in [-0.05, 0) is 12.3 Å². The van der Waals surface area contributed by atoms with Gasteiger partial charge in [0.05, 0.1) is 0 Å². The molecule has 0 fully saturated rings. The highest BCUT2D eigenvalue weighted by Gasteiger charge is 1.97. The van der Waals surface area contributed by atoms with Crippen LogP contribution >= 0.6 is 0 Å². The topological polar surface area (TPSA) is 66.8 Å². The van der Waals surface area contributed by atoms with E-state index in [-0.39, 0.29) is 0 Å². The van der Waals surface area contributed by atoms with Crippen molar-refractivity contribution in [3.63, 3.8) is 0 Å². The maximum Gasteiger partial charge on any atom is 0.514 e. The lowest BCUT2D eigenvalue weighted by Gasteiger charge is -1.89. The zero-order valence-electron chi connectivity index (χ0n) is 3.92. The third-order valence-corrected chi connectivity index (χ3v) is 0.335. The van der Waals surface area contributed by atoms with Crippen LogP contribution in [-0.4, -0.2) is 16.4 Å². The molecule has 0 bridgehead atoms. The lowest BCUT2D eigenvalue weighted by Crippen LogP contribution is -1.97. The molecule has 0 heterocycles. The van der Waals surface area contributed by atoms with Gasteiger partial charge in [-0.2, -0.15) is 0 Å². The molecule has 0 radical (unpaired) electrons. The summed E-state index contributed by atoms with van der Waals surface area (Å²) in [6, 6.07) is 0. The highest BCUT2D eigenvalue weighted by Crippen LogP contribution is 1.85. The van der Waals surface area contributed by atoms with Crippen LogP contribution in [0.2, 0.25) is 0 Å². The van der Waals surface area contributed by atoms with E-state index in [0.717, 1.165) is 0 Å². The zero-order chi connectivity index (χ0) is 6.57. The number of aliphatic hydroxyl groups excluding tert-OH is 1. The molecular formula is C4H4O4. The molecule has 0 rings (SSSR count). The fourth-order valence-electron chi connectivity index (χ4n) is 0.119. The Hall–Kier alpha value is -1.41. The summed E-state index contributed by atoms with van der Waals surface area (Å²) in [5.74, 6) is -0.836. The molecule has 0 aromatic rings. The number of carboxylic acid groups (broad SMARTS) is 1. The highest BCUT2D eigenvalue weighted by atomic mass is 16.7. The Bertz CT molecular complexity index is 142. The summed E-state index contributed by atoms with van der Waals surface area (Å²) in [6.07, 6.45) is -1.58. The molecule has 0 aliphatic carbocycles. The first-order chi connectivity index (χ1) is 3.66. The fourth-order valence-corrected chi connectivity index (χ4v) is 0.119. The van der Waals surface area contributed by atoms with Gasteiger partial charge in [0, 0.05) is 0 Å². The first kappa shape index (κ1) is 6.59. The van der Waals surface area contributed by atoms with Crippen LogP contribution < -0.4 is 0 Å². The van der Waals surface area contributed by atoms with Crippen LogP contribution in [-0.2, 0) is 4.74 Å². The van der Waals surface area contributed by atoms with Crippen LogP contribution in [0.5, 0.6) is 0 Å². The van der Waals surface area contributed by atoms with Crippen LogP contribution in [0.4, 0.5) is 4.79 Å². The minimum Gasteiger partial charge on any atom is -0.474 e. The van der Waals surface area contributed by atoms with Crippen molar-refractivity contribution in [1.29, 1.82) is 0 Å². The van der Waals surface area contributed by atoms with Crippen LogP contribution in [0.1, 0.15) is 0 Å². The van der Waals surface area contributed by atoms with Gasteiger partial charge in [-0.15, -0.1) is 0 Å². The van der Waals surface area contributed by atoms with Crippen LogP contribution in [0.25, 0.3) is 0 Å². The number of carbonyl (C=O) groups is 1. The van der Waals surface area contributed by atoms with Crippen LogP contribution in [0, 0.1) is 0 Å². The normalized spacial score (nSPS) is 7.00. The summed E-state index contributed by atoms with van der Waals surface area (Å²) in [5.41, 5.74) is 1.82. The van der Waals surface area contributed by atoms with E-state index in [0.29, 0.717) is 0 Å². The van der Waals surface area contributed by atoms with E-state index in [9.17, 15) is 4.79 Å². The molecule has 0 unspecified atom stereocenters. The second-order valence-corrected chi connectivity index (χ2v) is 0.850. The standard InChI is InChI=1S/C4H4O4/c1-2-3(5)8-4(6)7/h5H,1H2,(H,6,7). The van der Waals surface area contributed by atoms with Crippen molar-refractivity contribution in [2.45, 2.75) is 0 Å². The molecule has 0 atom stereocenters. The summed E-state index contributed by atoms with van der Waals surface area (Å²) in [7, 11) is 0. The lowest BCUT2D eigenvalue weighted by molar-refractivity contribution is 0.0766. The Morgan fingerprint density at radius 2 is 2.12 bits per heavy atom. The first-order valence-corrected chi connectivity index (χ1v) is 1.66. The SMILES string of the molecule is C=C=C(O)OC(=O)O. The Morgan fingerprint density at radius 1 is 1.62 bits per heavy atom. The highest BCUT2D eigenvalue weighted by molar-refractivity contribution is 5.57. The Kier molecular flexibility index (Phi) is 2.23. The molecular weight excluding hydrogens is 112 g/mol. The number of hydrogen-bond donors (Lipinski definition) is 2. The van der Waals surface area contributed by atoms with Crippen molar-refractivity contribution >= 4 is 6.16 Å². The van der Waals surface area contributed by atoms with E-state index in [2.05, 4.69) is 11.3 Å². The Morgan fingerprint density at radius 3 is 2.25 bits per heavy atom. The van der Waals surface area contributed by atoms with Crippen molar-refractivity contribution in [1.82, 2.24) is 0 Å². The Balaban J connectivity index is 3.74. The molecule has 0 amide bonds. The quantitative estimate of drug-likeness (QED) is 0.303. The second kappa shape index (κ2) is 2.71. The van der Waals surface area contributed by atoms with Gasteiger partial charge in [0.15, 0.2) is 0 Å². The van der Waals surface area contributed by atoms with Gasteiger partial charge in [0.1, 0.15) is 0 Å². The van der Waals surface area contributed by atoms with Crippen molar-refractivity contribution in [2.75, 3.05) is 0 Å². The van der Waals surface area contributed by atoms with Gasteiger partial charge < -0.3 is 14.9 Å². The third kappa shape index (κ3) is 2.81. The lowest BCUT2D eigenvalue weighted by atomic mass is 10.9. The van der Waals surface area contributed by atoms with E-state index in [1.165, 1.54) is 0 Å². The maximum absolute atomic E-state index is 9.50. The van der Waals surface area contributed by atoms with E-state index >= 15 is 0 Å². The van der Waals surface area contributed by atoms with Gasteiger partial charge >= 0.3 is 12.1 Å². The van der Waals surface area contributed by atoms with Gasteiger partial charge in [-0.1, -0.05) is 0 Å². The van der Waals surface area contributed by atoms with Crippen LogP contribution in [0.15, 0.2) is 18.3 Å². The molecule has 0 aromatic heterocycles. The van der Waals surface area contributed by atoms with Gasteiger partial charge in [-0.3, -0.25) is 0 Å². The molecule has 0 aliphatic heterocycles. The van der Waals surface area contributed by atoms with Gasteiger partial charge in [-0.25, -0.2) is 4.79 Å². The smallest absolute Gasteiger partial charge is 0.474 e. The maximum atomic E-state index is 9.50. The number of rotatable bonds is 1.